The van der Waals surface area contributed by atoms with E-state index in [0.717, 1.165) is 11.3 Å². The highest BCUT2D eigenvalue weighted by atomic mass is 16.5. The van der Waals surface area contributed by atoms with E-state index in [1.165, 1.54) is 0 Å². The van der Waals surface area contributed by atoms with Crippen LogP contribution in [0.2, 0.25) is 0 Å². The van der Waals surface area contributed by atoms with E-state index in [-0.39, 0.29) is 6.04 Å². The number of nitrogens with zero attached hydrogens (tertiary/aromatic N) is 1. The van der Waals surface area contributed by atoms with Crippen molar-refractivity contribution in [3.8, 4) is 5.75 Å². The third-order valence-corrected chi connectivity index (χ3v) is 1.52. The average molecular weight is 152 g/mol. The van der Waals surface area contributed by atoms with E-state index in [0.29, 0.717) is 0 Å². The van der Waals surface area contributed by atoms with Gasteiger partial charge in [-0.25, -0.2) is 0 Å². The van der Waals surface area contributed by atoms with Gasteiger partial charge in [0.05, 0.1) is 7.11 Å². The highest BCUT2D eigenvalue weighted by Crippen LogP contribution is 2.20. The van der Waals surface area contributed by atoms with Crippen molar-refractivity contribution < 1.29 is 4.74 Å². The van der Waals surface area contributed by atoms with Gasteiger partial charge in [0.2, 0.25) is 0 Å². The summed E-state index contributed by atoms with van der Waals surface area (Å²) in [6, 6.07) is 1.78. The van der Waals surface area contributed by atoms with E-state index < -0.39 is 0 Å². The quantitative estimate of drug-likeness (QED) is 0.690. The standard InChI is InChI=1S/C8H12N2O/c1-6(9)7-5-10-4-3-8(7)11-2/h3-6H,9H2,1-2H3/t6-/m0/s1. The molecule has 0 aliphatic rings. The lowest BCUT2D eigenvalue weighted by Gasteiger charge is -2.09. The minimum Gasteiger partial charge on any atom is -0.496 e. The van der Waals surface area contributed by atoms with Crippen molar-refractivity contribution in [2.75, 3.05) is 7.11 Å². The van der Waals surface area contributed by atoms with Gasteiger partial charge in [-0.15, -0.1) is 0 Å². The molecule has 1 atom stereocenters. The van der Waals surface area contributed by atoms with Gasteiger partial charge >= 0.3 is 0 Å². The lowest BCUT2D eigenvalue weighted by Crippen LogP contribution is -2.07. The third-order valence-electron chi connectivity index (χ3n) is 1.52. The van der Waals surface area contributed by atoms with Gasteiger partial charge in [0.25, 0.3) is 0 Å². The molecule has 0 bridgehead atoms. The smallest absolute Gasteiger partial charge is 0.126 e. The SMILES string of the molecule is COc1ccncc1[C@H](C)N. The van der Waals surface area contributed by atoms with E-state index in [1.807, 2.05) is 6.92 Å². The summed E-state index contributed by atoms with van der Waals surface area (Å²) in [4.78, 5) is 3.95. The zero-order chi connectivity index (χ0) is 8.27. The van der Waals surface area contributed by atoms with E-state index in [4.69, 9.17) is 10.5 Å². The molecule has 1 aromatic rings. The molecule has 60 valence electrons. The molecule has 0 fully saturated rings. The number of aromatic nitrogens is 1. The monoisotopic (exact) mass is 152 g/mol. The molecule has 0 radical (unpaired) electrons. The molecule has 3 nitrogen and oxygen atoms in total. The van der Waals surface area contributed by atoms with E-state index in [2.05, 4.69) is 4.98 Å². The van der Waals surface area contributed by atoms with Crippen LogP contribution in [-0.2, 0) is 0 Å². The van der Waals surface area contributed by atoms with Gasteiger partial charge in [-0.1, -0.05) is 0 Å². The fourth-order valence-electron chi connectivity index (χ4n) is 0.922. The molecule has 1 heterocycles. The summed E-state index contributed by atoms with van der Waals surface area (Å²) >= 11 is 0. The summed E-state index contributed by atoms with van der Waals surface area (Å²) < 4.78 is 5.09. The fourth-order valence-corrected chi connectivity index (χ4v) is 0.922. The second-order valence-corrected chi connectivity index (χ2v) is 2.41. The van der Waals surface area contributed by atoms with Crippen LogP contribution in [0.1, 0.15) is 18.5 Å². The molecule has 0 unspecified atom stereocenters. The molecule has 2 N–H and O–H groups in total. The molecule has 0 saturated carbocycles. The van der Waals surface area contributed by atoms with Crippen molar-refractivity contribution in [3.63, 3.8) is 0 Å². The van der Waals surface area contributed by atoms with Crippen molar-refractivity contribution in [1.29, 1.82) is 0 Å². The van der Waals surface area contributed by atoms with Crippen molar-refractivity contribution in [2.24, 2.45) is 5.73 Å². The summed E-state index contributed by atoms with van der Waals surface area (Å²) in [6.45, 7) is 1.90. The Morgan fingerprint density at radius 2 is 2.36 bits per heavy atom. The van der Waals surface area contributed by atoms with Crippen molar-refractivity contribution >= 4 is 0 Å². The number of hydrogen-bond acceptors (Lipinski definition) is 3. The van der Waals surface area contributed by atoms with E-state index in [9.17, 15) is 0 Å². The van der Waals surface area contributed by atoms with Gasteiger partial charge < -0.3 is 10.5 Å². The van der Waals surface area contributed by atoms with Crippen molar-refractivity contribution in [3.05, 3.63) is 24.0 Å². The zero-order valence-electron chi connectivity index (χ0n) is 6.74. The summed E-state index contributed by atoms with van der Waals surface area (Å²) in [5.41, 5.74) is 6.61. The minimum atomic E-state index is -0.0290. The van der Waals surface area contributed by atoms with Crippen LogP contribution >= 0.6 is 0 Å². The molecule has 0 spiro atoms. The van der Waals surface area contributed by atoms with Crippen LogP contribution in [0.15, 0.2) is 18.5 Å². The van der Waals surface area contributed by atoms with E-state index >= 15 is 0 Å². The molecule has 1 rings (SSSR count). The first-order valence-corrected chi connectivity index (χ1v) is 3.49. The Morgan fingerprint density at radius 3 is 2.82 bits per heavy atom. The number of pyridine rings is 1. The van der Waals surface area contributed by atoms with Crippen LogP contribution in [0, 0.1) is 0 Å². The fraction of sp³-hybridized carbons (Fsp3) is 0.375. The summed E-state index contributed by atoms with van der Waals surface area (Å²) in [7, 11) is 1.63. The maximum Gasteiger partial charge on any atom is 0.126 e. The summed E-state index contributed by atoms with van der Waals surface area (Å²) in [5.74, 6) is 0.801. The zero-order valence-corrected chi connectivity index (χ0v) is 6.74. The lowest BCUT2D eigenvalue weighted by atomic mass is 10.1. The first kappa shape index (κ1) is 8.01. The van der Waals surface area contributed by atoms with Gasteiger partial charge in [0.1, 0.15) is 5.75 Å². The largest absolute Gasteiger partial charge is 0.496 e. The summed E-state index contributed by atoms with van der Waals surface area (Å²) in [6.07, 6.45) is 3.41. The van der Waals surface area contributed by atoms with Gasteiger partial charge in [-0.05, 0) is 13.0 Å². The van der Waals surface area contributed by atoms with Gasteiger partial charge in [0.15, 0.2) is 0 Å². The number of ether oxygens (including phenoxy) is 1. The second-order valence-electron chi connectivity index (χ2n) is 2.41. The lowest BCUT2D eigenvalue weighted by molar-refractivity contribution is 0.406. The molecular weight excluding hydrogens is 140 g/mol. The maximum absolute atomic E-state index is 5.67. The van der Waals surface area contributed by atoms with Crippen LogP contribution in [0.5, 0.6) is 5.75 Å². The van der Waals surface area contributed by atoms with Crippen molar-refractivity contribution in [2.45, 2.75) is 13.0 Å². The molecular formula is C8H12N2O. The Bertz CT molecular complexity index is 235. The van der Waals surface area contributed by atoms with Crippen LogP contribution in [0.25, 0.3) is 0 Å². The van der Waals surface area contributed by atoms with E-state index in [1.54, 1.807) is 25.6 Å². The number of hydrogen-bond donors (Lipinski definition) is 1. The number of methoxy groups -OCH3 is 1. The minimum absolute atomic E-state index is 0.0290. The van der Waals surface area contributed by atoms with Crippen LogP contribution in [-0.4, -0.2) is 12.1 Å². The third kappa shape index (κ3) is 1.68. The molecule has 0 amide bonds. The Kier molecular flexibility index (Phi) is 2.44. The van der Waals surface area contributed by atoms with Crippen LogP contribution < -0.4 is 10.5 Å². The summed E-state index contributed by atoms with van der Waals surface area (Å²) in [5, 5.41) is 0. The topological polar surface area (TPSA) is 48.1 Å². The molecule has 0 aliphatic carbocycles. The normalized spacial score (nSPS) is 12.6. The predicted molar refractivity (Wildman–Crippen MR) is 43.4 cm³/mol. The van der Waals surface area contributed by atoms with Gasteiger partial charge in [-0.2, -0.15) is 0 Å². The molecule has 0 aliphatic heterocycles. The molecule has 11 heavy (non-hydrogen) atoms. The van der Waals surface area contributed by atoms with Crippen LogP contribution in [0.3, 0.4) is 0 Å². The predicted octanol–water partition coefficient (Wildman–Crippen LogP) is 1.11. The van der Waals surface area contributed by atoms with Crippen LogP contribution in [0.4, 0.5) is 0 Å². The van der Waals surface area contributed by atoms with Gasteiger partial charge in [-0.3, -0.25) is 4.98 Å². The average Bonchev–Trinajstić information content (AvgIpc) is 2.04. The van der Waals surface area contributed by atoms with Crippen molar-refractivity contribution in [1.82, 2.24) is 4.98 Å². The second kappa shape index (κ2) is 3.34. The molecule has 3 heteroatoms. The molecule has 0 saturated heterocycles. The number of rotatable bonds is 2. The Morgan fingerprint density at radius 1 is 1.64 bits per heavy atom. The first-order chi connectivity index (χ1) is 5.25. The Balaban J connectivity index is 3.02. The molecule has 0 aromatic carbocycles. The number of nitrogens with two attached hydrogens (primary N) is 1. The first-order valence-electron chi connectivity index (χ1n) is 3.49. The maximum atomic E-state index is 5.67. The highest BCUT2D eigenvalue weighted by Gasteiger charge is 2.05. The van der Waals surface area contributed by atoms with Gasteiger partial charge in [0, 0.05) is 24.0 Å². The Hall–Kier alpha value is -1.09. The Labute approximate surface area is 66.2 Å². The molecule has 1 aromatic heterocycles. The highest BCUT2D eigenvalue weighted by molar-refractivity contribution is 5.31.